The molecule has 7 heteroatoms. The topological polar surface area (TPSA) is 69.2 Å². The molecule has 1 rings (SSSR count). The largest absolute Gasteiger partial charge is 0.463 e. The molecule has 19 heavy (non-hydrogen) atoms. The van der Waals surface area contributed by atoms with Crippen molar-refractivity contribution in [3.63, 3.8) is 0 Å². The Kier molecular flexibility index (Phi) is 8.16. The molecule has 1 heterocycles. The number of halogens is 1. The van der Waals surface area contributed by atoms with Crippen molar-refractivity contribution >= 4 is 17.5 Å². The SMILES string of the molecule is CCCOc1nc(Cl)nc(NCCCCCOC)n1. The van der Waals surface area contributed by atoms with Gasteiger partial charge < -0.3 is 14.8 Å². The van der Waals surface area contributed by atoms with Gasteiger partial charge in [0.05, 0.1) is 6.61 Å². The van der Waals surface area contributed by atoms with Crippen molar-refractivity contribution in [2.45, 2.75) is 32.6 Å². The second kappa shape index (κ2) is 9.75. The van der Waals surface area contributed by atoms with Crippen LogP contribution in [0.25, 0.3) is 0 Å². The van der Waals surface area contributed by atoms with E-state index in [1.165, 1.54) is 0 Å². The van der Waals surface area contributed by atoms with Crippen molar-refractivity contribution in [2.75, 3.05) is 32.2 Å². The Morgan fingerprint density at radius 1 is 1.11 bits per heavy atom. The summed E-state index contributed by atoms with van der Waals surface area (Å²) in [6.07, 6.45) is 4.07. The van der Waals surface area contributed by atoms with Gasteiger partial charge in [-0.2, -0.15) is 15.0 Å². The summed E-state index contributed by atoms with van der Waals surface area (Å²) in [5.41, 5.74) is 0. The van der Waals surface area contributed by atoms with E-state index in [1.807, 2.05) is 6.92 Å². The second-order valence-corrected chi connectivity index (χ2v) is 4.38. The molecule has 0 aliphatic heterocycles. The van der Waals surface area contributed by atoms with E-state index in [0.29, 0.717) is 12.6 Å². The van der Waals surface area contributed by atoms with Crippen LogP contribution in [0.15, 0.2) is 0 Å². The van der Waals surface area contributed by atoms with Gasteiger partial charge in [0.15, 0.2) is 0 Å². The van der Waals surface area contributed by atoms with Gasteiger partial charge in [0.25, 0.3) is 0 Å². The van der Waals surface area contributed by atoms with E-state index in [-0.39, 0.29) is 11.3 Å². The van der Waals surface area contributed by atoms with Crippen molar-refractivity contribution < 1.29 is 9.47 Å². The molecule has 0 amide bonds. The minimum Gasteiger partial charge on any atom is -0.463 e. The van der Waals surface area contributed by atoms with Gasteiger partial charge in [-0.05, 0) is 37.3 Å². The first-order chi connectivity index (χ1) is 9.26. The highest BCUT2D eigenvalue weighted by atomic mass is 35.5. The molecule has 108 valence electrons. The molecule has 1 aromatic heterocycles. The fraction of sp³-hybridized carbons (Fsp3) is 0.750. The first-order valence-electron chi connectivity index (χ1n) is 6.53. The van der Waals surface area contributed by atoms with Gasteiger partial charge >= 0.3 is 6.01 Å². The number of ether oxygens (including phenoxy) is 2. The highest BCUT2D eigenvalue weighted by Gasteiger charge is 2.05. The van der Waals surface area contributed by atoms with E-state index in [0.717, 1.165) is 38.8 Å². The number of nitrogens with zero attached hydrogens (tertiary/aromatic N) is 3. The van der Waals surface area contributed by atoms with Crippen molar-refractivity contribution in [3.8, 4) is 6.01 Å². The van der Waals surface area contributed by atoms with Gasteiger partial charge in [-0.1, -0.05) is 6.92 Å². The monoisotopic (exact) mass is 288 g/mol. The van der Waals surface area contributed by atoms with Crippen molar-refractivity contribution in [1.82, 2.24) is 15.0 Å². The summed E-state index contributed by atoms with van der Waals surface area (Å²) in [4.78, 5) is 12.0. The van der Waals surface area contributed by atoms with E-state index in [9.17, 15) is 0 Å². The van der Waals surface area contributed by atoms with Gasteiger partial charge in [0.2, 0.25) is 11.2 Å². The number of hydrogen-bond donors (Lipinski definition) is 1. The first-order valence-corrected chi connectivity index (χ1v) is 6.91. The molecule has 0 saturated heterocycles. The van der Waals surface area contributed by atoms with Gasteiger partial charge in [-0.3, -0.25) is 0 Å². The van der Waals surface area contributed by atoms with E-state index in [1.54, 1.807) is 7.11 Å². The Labute approximate surface area is 118 Å². The first kappa shape index (κ1) is 15.9. The molecule has 6 nitrogen and oxygen atoms in total. The maximum atomic E-state index is 5.81. The van der Waals surface area contributed by atoms with Crippen LogP contribution in [0.2, 0.25) is 5.28 Å². The predicted octanol–water partition coefficient (Wildman–Crippen LogP) is 2.54. The van der Waals surface area contributed by atoms with Gasteiger partial charge in [0.1, 0.15) is 0 Å². The maximum Gasteiger partial charge on any atom is 0.322 e. The number of unbranched alkanes of at least 4 members (excludes halogenated alkanes) is 2. The fourth-order valence-corrected chi connectivity index (χ4v) is 1.57. The van der Waals surface area contributed by atoms with E-state index in [4.69, 9.17) is 21.1 Å². The molecule has 0 saturated carbocycles. The molecule has 1 aromatic rings. The van der Waals surface area contributed by atoms with Crippen molar-refractivity contribution in [2.24, 2.45) is 0 Å². The lowest BCUT2D eigenvalue weighted by Gasteiger charge is -2.07. The molecule has 0 unspecified atom stereocenters. The minimum atomic E-state index is 0.142. The molecular formula is C12H21ClN4O2. The lowest BCUT2D eigenvalue weighted by atomic mass is 10.2. The Morgan fingerprint density at radius 2 is 1.95 bits per heavy atom. The van der Waals surface area contributed by atoms with Crippen LogP contribution in [-0.2, 0) is 4.74 Å². The van der Waals surface area contributed by atoms with Crippen LogP contribution in [-0.4, -0.2) is 41.8 Å². The molecule has 0 aliphatic rings. The number of aromatic nitrogens is 3. The standard InChI is InChI=1S/C12H21ClN4O2/c1-3-8-19-12-16-10(13)15-11(17-12)14-7-5-4-6-9-18-2/h3-9H2,1-2H3,(H,14,15,16,17). The lowest BCUT2D eigenvalue weighted by molar-refractivity contribution is 0.192. The Balaban J connectivity index is 2.34. The number of anilines is 1. The van der Waals surface area contributed by atoms with Gasteiger partial charge in [0, 0.05) is 20.3 Å². The molecule has 0 bridgehead atoms. The highest BCUT2D eigenvalue weighted by Crippen LogP contribution is 2.11. The Bertz CT molecular complexity index is 366. The summed E-state index contributed by atoms with van der Waals surface area (Å²) in [6.45, 7) is 4.17. The van der Waals surface area contributed by atoms with Crippen LogP contribution in [0.5, 0.6) is 6.01 Å². The van der Waals surface area contributed by atoms with Gasteiger partial charge in [-0.25, -0.2) is 0 Å². The lowest BCUT2D eigenvalue weighted by Crippen LogP contribution is -2.09. The van der Waals surface area contributed by atoms with E-state index < -0.39 is 0 Å². The van der Waals surface area contributed by atoms with Gasteiger partial charge in [-0.15, -0.1) is 0 Å². The molecular weight excluding hydrogens is 268 g/mol. The summed E-state index contributed by atoms with van der Waals surface area (Å²) in [5, 5.41) is 3.25. The van der Waals surface area contributed by atoms with Crippen molar-refractivity contribution in [1.29, 1.82) is 0 Å². The molecule has 0 spiro atoms. The van der Waals surface area contributed by atoms with E-state index in [2.05, 4.69) is 20.3 Å². The average molecular weight is 289 g/mol. The maximum absolute atomic E-state index is 5.81. The fourth-order valence-electron chi connectivity index (χ4n) is 1.42. The zero-order chi connectivity index (χ0) is 13.9. The van der Waals surface area contributed by atoms with Crippen LogP contribution in [0, 0.1) is 0 Å². The van der Waals surface area contributed by atoms with Crippen LogP contribution in [0.1, 0.15) is 32.6 Å². The molecule has 0 atom stereocenters. The average Bonchev–Trinajstić information content (AvgIpc) is 2.40. The third-order valence-corrected chi connectivity index (χ3v) is 2.50. The molecule has 0 aromatic carbocycles. The smallest absolute Gasteiger partial charge is 0.322 e. The van der Waals surface area contributed by atoms with E-state index >= 15 is 0 Å². The normalized spacial score (nSPS) is 10.5. The molecule has 1 N–H and O–H groups in total. The number of methoxy groups -OCH3 is 1. The summed E-state index contributed by atoms with van der Waals surface area (Å²) in [7, 11) is 1.71. The predicted molar refractivity (Wildman–Crippen MR) is 74.8 cm³/mol. The second-order valence-electron chi connectivity index (χ2n) is 4.04. The molecule has 0 fully saturated rings. The zero-order valence-electron chi connectivity index (χ0n) is 11.5. The third kappa shape index (κ3) is 7.12. The van der Waals surface area contributed by atoms with Crippen LogP contribution in [0.3, 0.4) is 0 Å². The Hall–Kier alpha value is -1.14. The summed E-state index contributed by atoms with van der Waals surface area (Å²) in [5.74, 6) is 0.456. The van der Waals surface area contributed by atoms with Crippen LogP contribution in [0.4, 0.5) is 5.95 Å². The minimum absolute atomic E-state index is 0.142. The molecule has 0 radical (unpaired) electrons. The van der Waals surface area contributed by atoms with Crippen LogP contribution >= 0.6 is 11.6 Å². The summed E-state index contributed by atoms with van der Waals surface area (Å²) < 4.78 is 10.3. The quantitative estimate of drug-likeness (QED) is 0.667. The zero-order valence-corrected chi connectivity index (χ0v) is 12.2. The van der Waals surface area contributed by atoms with Crippen LogP contribution < -0.4 is 10.1 Å². The summed E-state index contributed by atoms with van der Waals surface area (Å²) in [6, 6.07) is 0.267. The number of rotatable bonds is 10. The Morgan fingerprint density at radius 3 is 2.68 bits per heavy atom. The third-order valence-electron chi connectivity index (χ3n) is 2.33. The number of nitrogens with one attached hydrogen (secondary N) is 1. The highest BCUT2D eigenvalue weighted by molar-refractivity contribution is 6.28. The summed E-state index contributed by atoms with van der Waals surface area (Å²) >= 11 is 5.81. The number of hydrogen-bond acceptors (Lipinski definition) is 6. The van der Waals surface area contributed by atoms with Crippen molar-refractivity contribution in [3.05, 3.63) is 5.28 Å². The molecule has 0 aliphatic carbocycles.